The average molecular weight is 1030 g/mol. The third-order valence-electron chi connectivity index (χ3n) is 19.6. The number of aliphatic hydroxyl groups is 2. The molecule has 0 unspecified atom stereocenters. The second-order valence-electron chi connectivity index (χ2n) is 25.6. The number of hydrogen-bond donors (Lipinski definition) is 5. The monoisotopic (exact) mass is 1030 g/mol. The summed E-state index contributed by atoms with van der Waals surface area (Å²) in [6.07, 6.45) is 18.0. The van der Waals surface area contributed by atoms with E-state index in [1.165, 1.54) is 10.5 Å². The standard InChI is InChI=1S/C61H85N5O7S/c1-37-43-23-24-47-59(9,44(43)33-46(68)50(37)70)28-30-61(11)48-34-58(8,26-25-57(48,7)27-29-60(47,61)10)55(73)62-31-17-15-13-12-14-16-18-49(69)65-52(56(4,5)6)54(72)66-35-42(67)32-45(66)53(71)64-38(2)40-19-21-41(22-20-40)51-39(3)63-36-74-51/h19-24,33,36,38,42,45,48,52,67,70H,12-18,25-32,34-35H2,1-11H3,(H,62,73)(H,64,71)(H,65,69)/t38-,42+,45-,48+,52+,57+,58+,59-,60+,61-/m0/s1. The topological polar surface area (TPSA) is 178 Å². The number of unbranched alkanes of at least 4 members (excludes halogenated alkanes) is 5. The fraction of sp³-hybridized carbons (Fsp3) is 0.639. The van der Waals surface area contributed by atoms with E-state index >= 15 is 0 Å². The van der Waals surface area contributed by atoms with Gasteiger partial charge in [0.1, 0.15) is 12.1 Å². The highest BCUT2D eigenvalue weighted by atomic mass is 32.1. The lowest BCUT2D eigenvalue weighted by atomic mass is 9.34. The van der Waals surface area contributed by atoms with Gasteiger partial charge in [-0.05, 0) is 134 Å². The number of β-amino-alcohol motifs (C(OH)–C–C–N with tert-alkyl or cyclic N) is 1. The van der Waals surface area contributed by atoms with E-state index in [-0.39, 0.29) is 82.3 Å². The van der Waals surface area contributed by atoms with E-state index in [1.807, 2.05) is 71.3 Å². The third-order valence-corrected chi connectivity index (χ3v) is 20.6. The average Bonchev–Trinajstić information content (AvgIpc) is 3.98. The summed E-state index contributed by atoms with van der Waals surface area (Å²) in [5, 5.41) is 30.7. The molecule has 1 aromatic heterocycles. The van der Waals surface area contributed by atoms with Crippen molar-refractivity contribution in [2.75, 3.05) is 13.1 Å². The first kappa shape index (κ1) is 55.4. The Hall–Kier alpha value is -4.88. The van der Waals surface area contributed by atoms with Gasteiger partial charge in [-0.3, -0.25) is 24.0 Å². The summed E-state index contributed by atoms with van der Waals surface area (Å²) in [6.45, 7) is 24.0. The maximum absolute atomic E-state index is 14.2. The predicted molar refractivity (Wildman–Crippen MR) is 293 cm³/mol. The third kappa shape index (κ3) is 10.3. The van der Waals surface area contributed by atoms with Crippen molar-refractivity contribution in [1.82, 2.24) is 25.8 Å². The van der Waals surface area contributed by atoms with Gasteiger partial charge in [-0.15, -0.1) is 11.3 Å². The molecule has 2 heterocycles. The van der Waals surface area contributed by atoms with Crippen molar-refractivity contribution in [2.24, 2.45) is 38.4 Å². The van der Waals surface area contributed by atoms with E-state index in [2.05, 4.69) is 67.7 Å². The van der Waals surface area contributed by atoms with Gasteiger partial charge in [0.05, 0.1) is 28.2 Å². The van der Waals surface area contributed by atoms with Gasteiger partial charge in [-0.2, -0.15) is 0 Å². The Kier molecular flexibility index (Phi) is 15.6. The number of ketones is 1. The van der Waals surface area contributed by atoms with E-state index in [0.717, 1.165) is 110 Å². The molecule has 0 bridgehead atoms. The van der Waals surface area contributed by atoms with E-state index in [9.17, 15) is 34.2 Å². The number of likely N-dealkylation sites (tertiary alicyclic amines) is 1. The Bertz CT molecular complexity index is 2660. The van der Waals surface area contributed by atoms with Crippen molar-refractivity contribution in [3.05, 3.63) is 87.3 Å². The zero-order chi connectivity index (χ0) is 53.8. The number of thiazole rings is 1. The van der Waals surface area contributed by atoms with E-state index in [1.54, 1.807) is 17.4 Å². The molecule has 2 aromatic rings. The van der Waals surface area contributed by atoms with Gasteiger partial charge in [0.15, 0.2) is 5.76 Å². The fourth-order valence-corrected chi connectivity index (χ4v) is 15.3. The second-order valence-corrected chi connectivity index (χ2v) is 26.5. The molecule has 1 aliphatic heterocycles. The summed E-state index contributed by atoms with van der Waals surface area (Å²) in [6, 6.07) is 5.95. The lowest BCUT2D eigenvalue weighted by molar-refractivity contribution is -0.169. The van der Waals surface area contributed by atoms with Gasteiger partial charge in [0.25, 0.3) is 0 Å². The number of aliphatic hydroxyl groups excluding tert-OH is 2. The number of rotatable bonds is 16. The molecule has 0 spiro atoms. The maximum atomic E-state index is 14.2. The molecule has 10 atom stereocenters. The molecular weight excluding hydrogens is 947 g/mol. The number of aromatic nitrogens is 1. The molecule has 1 saturated heterocycles. The van der Waals surface area contributed by atoms with Crippen LogP contribution in [0.25, 0.3) is 10.4 Å². The summed E-state index contributed by atoms with van der Waals surface area (Å²) in [5.74, 6) is -0.812. The number of aryl methyl sites for hydroxylation is 1. The number of nitrogens with one attached hydrogen (secondary N) is 3. The van der Waals surface area contributed by atoms with Crippen LogP contribution in [0.1, 0.15) is 183 Å². The summed E-state index contributed by atoms with van der Waals surface area (Å²) in [7, 11) is 0. The summed E-state index contributed by atoms with van der Waals surface area (Å²) in [5.41, 5.74) is 7.57. The number of benzene rings is 1. The van der Waals surface area contributed by atoms with Gasteiger partial charge >= 0.3 is 0 Å². The maximum Gasteiger partial charge on any atom is 0.246 e. The number of allylic oxidation sites excluding steroid dienone is 7. The van der Waals surface area contributed by atoms with Crippen LogP contribution in [-0.2, 0) is 24.0 Å². The Morgan fingerprint density at radius 1 is 0.878 bits per heavy atom. The minimum Gasteiger partial charge on any atom is -0.504 e. The fourth-order valence-electron chi connectivity index (χ4n) is 14.4. The normalized spacial score (nSPS) is 31.4. The van der Waals surface area contributed by atoms with Crippen LogP contribution in [0.2, 0.25) is 0 Å². The first-order valence-electron chi connectivity index (χ1n) is 27.7. The van der Waals surface area contributed by atoms with Crippen LogP contribution >= 0.6 is 11.3 Å². The van der Waals surface area contributed by atoms with Crippen LogP contribution in [0.4, 0.5) is 0 Å². The number of carbonyl (C=O) groups is 5. The zero-order valence-corrected chi connectivity index (χ0v) is 47.1. The Balaban J connectivity index is 0.770. The van der Waals surface area contributed by atoms with Crippen molar-refractivity contribution < 1.29 is 34.2 Å². The van der Waals surface area contributed by atoms with E-state index in [4.69, 9.17) is 0 Å². The minimum absolute atomic E-state index is 0.0184. The molecule has 13 heteroatoms. The summed E-state index contributed by atoms with van der Waals surface area (Å²) >= 11 is 1.59. The van der Waals surface area contributed by atoms with Gasteiger partial charge in [0, 0.05) is 42.3 Å². The molecule has 5 aliphatic carbocycles. The molecule has 6 aliphatic rings. The highest BCUT2D eigenvalue weighted by Crippen LogP contribution is 2.75. The second kappa shape index (κ2) is 20.9. The SMILES string of the molecule is CC1=C(O)C(=O)C=C2C1=CC=C1[C@@]2(C)CC[C@@]2(C)[C@@H]3C[C@](C)(C(=O)NCCCCCCCCC(=O)N[C@H](C(=O)N4C[C@H](O)C[C@H]4C(=O)N[C@@H](C)c4ccc(-c5scnc5C)cc4)C(C)(C)C)CC[C@]3(C)CC[C@]12C. The highest BCUT2D eigenvalue weighted by molar-refractivity contribution is 7.13. The first-order valence-corrected chi connectivity index (χ1v) is 28.6. The largest absolute Gasteiger partial charge is 0.504 e. The van der Waals surface area contributed by atoms with Crippen LogP contribution in [0, 0.1) is 45.3 Å². The van der Waals surface area contributed by atoms with Crippen molar-refractivity contribution in [3.63, 3.8) is 0 Å². The Labute approximate surface area is 444 Å². The van der Waals surface area contributed by atoms with Crippen molar-refractivity contribution in [1.29, 1.82) is 0 Å². The van der Waals surface area contributed by atoms with Gasteiger partial charge in [-0.25, -0.2) is 4.98 Å². The van der Waals surface area contributed by atoms with Crippen LogP contribution in [-0.4, -0.2) is 80.8 Å². The molecule has 8 rings (SSSR count). The van der Waals surface area contributed by atoms with Gasteiger partial charge in [0.2, 0.25) is 29.4 Å². The van der Waals surface area contributed by atoms with Crippen molar-refractivity contribution >= 4 is 40.7 Å². The van der Waals surface area contributed by atoms with Crippen molar-refractivity contribution in [3.8, 4) is 10.4 Å². The van der Waals surface area contributed by atoms with Gasteiger partial charge in [-0.1, -0.05) is 123 Å². The van der Waals surface area contributed by atoms with Crippen LogP contribution in [0.5, 0.6) is 0 Å². The minimum atomic E-state index is -0.871. The van der Waals surface area contributed by atoms with Crippen LogP contribution in [0.3, 0.4) is 0 Å². The first-order chi connectivity index (χ1) is 34.8. The lowest BCUT2D eigenvalue weighted by Crippen LogP contribution is -2.62. The smallest absolute Gasteiger partial charge is 0.246 e. The predicted octanol–water partition coefficient (Wildman–Crippen LogP) is 11.3. The number of carbonyl (C=O) groups excluding carboxylic acids is 5. The molecule has 4 fully saturated rings. The number of fused-ring (bicyclic) bond motifs is 7. The molecule has 1 aromatic carbocycles. The molecule has 5 N–H and O–H groups in total. The Morgan fingerprint density at radius 2 is 1.55 bits per heavy atom. The number of hydrogen-bond acceptors (Lipinski definition) is 9. The molecule has 12 nitrogen and oxygen atoms in total. The molecular formula is C61H85N5O7S. The molecule has 4 amide bonds. The molecule has 402 valence electrons. The van der Waals surface area contributed by atoms with Crippen molar-refractivity contribution in [2.45, 2.75) is 197 Å². The quantitative estimate of drug-likeness (QED) is 0.103. The van der Waals surface area contributed by atoms with E-state index < -0.39 is 29.0 Å². The van der Waals surface area contributed by atoms with Crippen LogP contribution < -0.4 is 16.0 Å². The number of nitrogens with zero attached hydrogens (tertiary/aromatic N) is 2. The lowest BCUT2D eigenvalue weighted by Gasteiger charge is -2.70. The van der Waals surface area contributed by atoms with E-state index in [0.29, 0.717) is 24.5 Å². The molecule has 0 radical (unpaired) electrons. The van der Waals surface area contributed by atoms with Gasteiger partial charge < -0.3 is 31.1 Å². The highest BCUT2D eigenvalue weighted by Gasteiger charge is 2.67. The Morgan fingerprint density at radius 3 is 2.23 bits per heavy atom. The molecule has 3 saturated carbocycles. The van der Waals surface area contributed by atoms with Crippen LogP contribution in [0.15, 0.2) is 76.1 Å². The summed E-state index contributed by atoms with van der Waals surface area (Å²) in [4.78, 5) is 75.3. The summed E-state index contributed by atoms with van der Waals surface area (Å²) < 4.78 is 0. The zero-order valence-electron chi connectivity index (χ0n) is 46.3. The molecule has 74 heavy (non-hydrogen) atoms. The number of amides is 4.